The summed E-state index contributed by atoms with van der Waals surface area (Å²) in [6, 6.07) is 6.77. The number of aryl methyl sites for hydroxylation is 1. The molecule has 3 amide bonds. The van der Waals surface area contributed by atoms with E-state index in [0.29, 0.717) is 12.1 Å². The van der Waals surface area contributed by atoms with Gasteiger partial charge < -0.3 is 26.0 Å². The first kappa shape index (κ1) is 30.6. The van der Waals surface area contributed by atoms with Crippen LogP contribution in [0.25, 0.3) is 10.4 Å². The first-order valence-corrected chi connectivity index (χ1v) is 15.9. The van der Waals surface area contributed by atoms with Gasteiger partial charge in [-0.1, -0.05) is 45.0 Å². The van der Waals surface area contributed by atoms with Crippen molar-refractivity contribution in [2.24, 2.45) is 5.41 Å². The lowest BCUT2D eigenvalue weighted by Gasteiger charge is -2.37. The summed E-state index contributed by atoms with van der Waals surface area (Å²) in [5.41, 5.74) is 4.24. The van der Waals surface area contributed by atoms with E-state index in [1.165, 1.54) is 4.90 Å². The van der Waals surface area contributed by atoms with E-state index in [-0.39, 0.29) is 43.3 Å². The number of fused-ring (bicyclic) bond motifs is 2. The normalized spacial score (nSPS) is 25.7. The monoisotopic (exact) mass is 596 g/mol. The van der Waals surface area contributed by atoms with Crippen molar-refractivity contribution in [2.45, 2.75) is 90.2 Å². The summed E-state index contributed by atoms with van der Waals surface area (Å²) < 4.78 is 0. The Hall–Kier alpha value is -2.86. The molecule has 4 N–H and O–H groups in total. The Labute approximate surface area is 252 Å². The van der Waals surface area contributed by atoms with Crippen LogP contribution in [0.4, 0.5) is 0 Å². The molecule has 0 spiro atoms. The molecule has 4 heterocycles. The number of aliphatic hydroxyl groups is 1. The Kier molecular flexibility index (Phi) is 9.03. The van der Waals surface area contributed by atoms with Gasteiger partial charge in [0.15, 0.2) is 0 Å². The Balaban J connectivity index is 1.24. The summed E-state index contributed by atoms with van der Waals surface area (Å²) in [5, 5.41) is 20.0. The van der Waals surface area contributed by atoms with Crippen molar-refractivity contribution in [2.75, 3.05) is 26.2 Å². The summed E-state index contributed by atoms with van der Waals surface area (Å²) in [6.07, 6.45) is 1.49. The highest BCUT2D eigenvalue weighted by Gasteiger charge is 2.45. The second kappa shape index (κ2) is 12.4. The van der Waals surface area contributed by atoms with Crippen LogP contribution < -0.4 is 16.0 Å². The molecule has 3 aliphatic rings. The van der Waals surface area contributed by atoms with E-state index >= 15 is 0 Å². The number of aliphatic hydroxyl groups excluding tert-OH is 1. The van der Waals surface area contributed by atoms with Crippen LogP contribution >= 0.6 is 11.3 Å². The zero-order valence-corrected chi connectivity index (χ0v) is 26.0. The average Bonchev–Trinajstić information content (AvgIpc) is 3.60. The van der Waals surface area contributed by atoms with E-state index in [1.54, 1.807) is 11.3 Å². The van der Waals surface area contributed by atoms with Crippen LogP contribution in [0.1, 0.15) is 64.3 Å². The number of amides is 3. The standard InChI is InChI=1S/C31H44N6O4S/c1-18(20-6-8-21(9-7-20)27-19(2)33-17-42-27)34-29(40)25-12-24(38)15-37(25)30(41)28(31(3,4)5)35-26(39)16-36-22-10-11-23(36)14-32-13-22/h6-9,17-18,22-25,28,32,38H,10-16H2,1-5H3,(H,34,40)(H,35,39)/t18-,22?,23?,24+,25-,28+/m0/s1. The van der Waals surface area contributed by atoms with Crippen LogP contribution in [-0.4, -0.2) is 94.1 Å². The summed E-state index contributed by atoms with van der Waals surface area (Å²) in [4.78, 5) is 49.8. The quantitative estimate of drug-likeness (QED) is 0.368. The van der Waals surface area contributed by atoms with Crippen LogP contribution in [0.15, 0.2) is 29.8 Å². The highest BCUT2D eigenvalue weighted by atomic mass is 32.1. The van der Waals surface area contributed by atoms with Crippen LogP contribution in [0, 0.1) is 12.3 Å². The third-order valence-electron chi connectivity index (χ3n) is 8.92. The number of rotatable bonds is 8. The lowest BCUT2D eigenvalue weighted by molar-refractivity contribution is -0.144. The minimum atomic E-state index is -0.827. The summed E-state index contributed by atoms with van der Waals surface area (Å²) in [6.45, 7) is 11.7. The minimum Gasteiger partial charge on any atom is -0.391 e. The maximum atomic E-state index is 13.9. The number of thiazole rings is 1. The summed E-state index contributed by atoms with van der Waals surface area (Å²) >= 11 is 1.59. The van der Waals surface area contributed by atoms with Crippen LogP contribution in [0.2, 0.25) is 0 Å². The summed E-state index contributed by atoms with van der Waals surface area (Å²) in [7, 11) is 0. The van der Waals surface area contributed by atoms with E-state index in [0.717, 1.165) is 47.6 Å². The maximum Gasteiger partial charge on any atom is 0.246 e. The molecule has 3 aliphatic heterocycles. The fraction of sp³-hybridized carbons (Fsp3) is 0.613. The zero-order chi connectivity index (χ0) is 30.2. The smallest absolute Gasteiger partial charge is 0.246 e. The molecule has 10 nitrogen and oxygen atoms in total. The number of benzene rings is 1. The lowest BCUT2D eigenvalue weighted by atomic mass is 9.85. The number of nitrogens with zero attached hydrogens (tertiary/aromatic N) is 3. The maximum absolute atomic E-state index is 13.9. The van der Waals surface area contributed by atoms with Crippen LogP contribution in [0.5, 0.6) is 0 Å². The van der Waals surface area contributed by atoms with Crippen molar-refractivity contribution in [3.63, 3.8) is 0 Å². The third-order valence-corrected chi connectivity index (χ3v) is 9.90. The van der Waals surface area contributed by atoms with Gasteiger partial charge in [-0.05, 0) is 43.2 Å². The van der Waals surface area contributed by atoms with Gasteiger partial charge in [-0.15, -0.1) is 11.3 Å². The fourth-order valence-electron chi connectivity index (χ4n) is 6.52. The van der Waals surface area contributed by atoms with Crippen molar-refractivity contribution < 1.29 is 19.5 Å². The first-order chi connectivity index (χ1) is 19.9. The fourth-order valence-corrected chi connectivity index (χ4v) is 7.33. The number of carbonyl (C=O) groups is 3. The number of carbonyl (C=O) groups excluding carboxylic acids is 3. The Bertz CT molecular complexity index is 1280. The van der Waals surface area contributed by atoms with Gasteiger partial charge in [0.25, 0.3) is 0 Å². The molecular weight excluding hydrogens is 552 g/mol. The number of likely N-dealkylation sites (tertiary alicyclic amines) is 1. The second-order valence-corrected chi connectivity index (χ2v) is 14.0. The lowest BCUT2D eigenvalue weighted by Crippen LogP contribution is -2.60. The Morgan fingerprint density at radius 3 is 2.38 bits per heavy atom. The molecule has 0 aliphatic carbocycles. The molecule has 0 radical (unpaired) electrons. The SMILES string of the molecule is Cc1ncsc1-c1ccc([C@H](C)NC(=O)[C@@H]2C[C@@H](O)CN2C(=O)[C@@H](NC(=O)CN2C3CCC2CNC3)C(C)(C)C)cc1. The molecule has 228 valence electrons. The first-order valence-electron chi connectivity index (χ1n) is 15.0. The molecule has 1 aromatic carbocycles. The largest absolute Gasteiger partial charge is 0.391 e. The van der Waals surface area contributed by atoms with Crippen LogP contribution in [0.3, 0.4) is 0 Å². The topological polar surface area (TPSA) is 127 Å². The van der Waals surface area contributed by atoms with E-state index in [1.807, 2.05) is 64.4 Å². The van der Waals surface area contributed by atoms with Crippen molar-refractivity contribution in [3.05, 3.63) is 41.0 Å². The number of hydrogen-bond donors (Lipinski definition) is 4. The van der Waals surface area contributed by atoms with Gasteiger partial charge in [0.05, 0.1) is 34.8 Å². The molecule has 0 saturated carbocycles. The van der Waals surface area contributed by atoms with Gasteiger partial charge >= 0.3 is 0 Å². The molecule has 5 rings (SSSR count). The van der Waals surface area contributed by atoms with Gasteiger partial charge in [-0.3, -0.25) is 19.3 Å². The molecular formula is C31H44N6O4S. The number of hydrogen-bond acceptors (Lipinski definition) is 8. The number of aromatic nitrogens is 1. The van der Waals surface area contributed by atoms with Gasteiger partial charge in [0, 0.05) is 38.1 Å². The van der Waals surface area contributed by atoms with Crippen molar-refractivity contribution in [1.82, 2.24) is 30.7 Å². The molecule has 2 aromatic rings. The number of β-amino-alcohol motifs (C(OH)–C–C–N with tert-alkyl or cyclic N) is 1. The molecule has 1 aromatic heterocycles. The predicted molar refractivity (Wildman–Crippen MR) is 163 cm³/mol. The van der Waals surface area contributed by atoms with Gasteiger partial charge in [-0.25, -0.2) is 4.98 Å². The predicted octanol–water partition coefficient (Wildman–Crippen LogP) is 2.22. The molecule has 11 heteroatoms. The van der Waals surface area contributed by atoms with E-state index < -0.39 is 23.6 Å². The molecule has 3 fully saturated rings. The van der Waals surface area contributed by atoms with E-state index in [9.17, 15) is 19.5 Å². The molecule has 2 bridgehead atoms. The Morgan fingerprint density at radius 1 is 1.12 bits per heavy atom. The number of piperazine rings is 1. The average molecular weight is 597 g/mol. The van der Waals surface area contributed by atoms with Crippen molar-refractivity contribution >= 4 is 29.1 Å². The zero-order valence-electron chi connectivity index (χ0n) is 25.2. The van der Waals surface area contributed by atoms with Gasteiger partial charge in [-0.2, -0.15) is 0 Å². The van der Waals surface area contributed by atoms with Crippen LogP contribution in [-0.2, 0) is 14.4 Å². The van der Waals surface area contributed by atoms with E-state index in [4.69, 9.17) is 0 Å². The minimum absolute atomic E-state index is 0.0542. The summed E-state index contributed by atoms with van der Waals surface area (Å²) in [5.74, 6) is -0.840. The van der Waals surface area contributed by atoms with Crippen molar-refractivity contribution in [3.8, 4) is 10.4 Å². The molecule has 3 saturated heterocycles. The van der Waals surface area contributed by atoms with Gasteiger partial charge in [0.2, 0.25) is 17.7 Å². The third kappa shape index (κ3) is 6.54. The highest BCUT2D eigenvalue weighted by Crippen LogP contribution is 2.30. The van der Waals surface area contributed by atoms with Crippen molar-refractivity contribution in [1.29, 1.82) is 0 Å². The molecule has 2 unspecified atom stereocenters. The molecule has 6 atom stereocenters. The highest BCUT2D eigenvalue weighted by molar-refractivity contribution is 7.13. The molecule has 42 heavy (non-hydrogen) atoms. The van der Waals surface area contributed by atoms with E-state index in [2.05, 4.69) is 25.8 Å². The van der Waals surface area contributed by atoms with Gasteiger partial charge in [0.1, 0.15) is 12.1 Å². The second-order valence-electron chi connectivity index (χ2n) is 13.1. The Morgan fingerprint density at radius 2 is 1.79 bits per heavy atom. The number of nitrogens with one attached hydrogen (secondary N) is 3.